The minimum Gasteiger partial charge on any atom is -0.341 e. The van der Waals surface area contributed by atoms with Crippen molar-refractivity contribution in [3.63, 3.8) is 0 Å². The molecule has 3 nitrogen and oxygen atoms in total. The van der Waals surface area contributed by atoms with Gasteiger partial charge in [0, 0.05) is 25.0 Å². The van der Waals surface area contributed by atoms with E-state index in [1.807, 2.05) is 0 Å². The maximum absolute atomic E-state index is 12.5. The maximum atomic E-state index is 12.5. The summed E-state index contributed by atoms with van der Waals surface area (Å²) >= 11 is 0. The molecule has 1 saturated heterocycles. The van der Waals surface area contributed by atoms with Crippen LogP contribution in [0.4, 0.5) is 0 Å². The van der Waals surface area contributed by atoms with E-state index in [9.17, 15) is 4.79 Å². The normalized spacial score (nSPS) is 27.4. The van der Waals surface area contributed by atoms with Crippen molar-refractivity contribution in [2.24, 2.45) is 5.92 Å². The largest absolute Gasteiger partial charge is 0.341 e. The standard InChI is InChI=1S/C15H26N2O/c1-2-11-17(12-14-9-6-10-16-14)15(18)13-7-4-3-5-8-13/h3-4,13-14,16H,2,5-12H2,1H3. The lowest BCUT2D eigenvalue weighted by Gasteiger charge is -2.30. The van der Waals surface area contributed by atoms with Crippen molar-refractivity contribution in [3.8, 4) is 0 Å². The van der Waals surface area contributed by atoms with Crippen LogP contribution >= 0.6 is 0 Å². The number of nitrogens with one attached hydrogen (secondary N) is 1. The SMILES string of the molecule is CCCN(CC1CCCN1)C(=O)C1CC=CCC1. The Balaban J connectivity index is 1.90. The fourth-order valence-corrected chi connectivity index (χ4v) is 3.02. The van der Waals surface area contributed by atoms with Gasteiger partial charge in [0.25, 0.3) is 0 Å². The highest BCUT2D eigenvalue weighted by Gasteiger charge is 2.26. The van der Waals surface area contributed by atoms with Crippen LogP contribution in [0.1, 0.15) is 45.4 Å². The van der Waals surface area contributed by atoms with Crippen molar-refractivity contribution >= 4 is 5.91 Å². The second-order valence-electron chi connectivity index (χ2n) is 5.56. The topological polar surface area (TPSA) is 32.3 Å². The summed E-state index contributed by atoms with van der Waals surface area (Å²) in [7, 11) is 0. The number of rotatable bonds is 5. The van der Waals surface area contributed by atoms with Crippen LogP contribution in [0, 0.1) is 5.92 Å². The molecule has 1 aliphatic carbocycles. The van der Waals surface area contributed by atoms with E-state index in [1.165, 1.54) is 12.8 Å². The summed E-state index contributed by atoms with van der Waals surface area (Å²) in [4.78, 5) is 14.6. The summed E-state index contributed by atoms with van der Waals surface area (Å²) in [6.45, 7) is 5.10. The van der Waals surface area contributed by atoms with Gasteiger partial charge >= 0.3 is 0 Å². The molecular weight excluding hydrogens is 224 g/mol. The molecule has 2 unspecified atom stereocenters. The Morgan fingerprint density at radius 2 is 2.28 bits per heavy atom. The molecule has 102 valence electrons. The fraction of sp³-hybridized carbons (Fsp3) is 0.800. The first kappa shape index (κ1) is 13.6. The molecule has 1 amide bonds. The summed E-state index contributed by atoms with van der Waals surface area (Å²) in [6.07, 6.45) is 10.9. The zero-order valence-electron chi connectivity index (χ0n) is 11.5. The maximum Gasteiger partial charge on any atom is 0.226 e. The molecule has 0 aromatic carbocycles. The summed E-state index contributed by atoms with van der Waals surface area (Å²) in [5.74, 6) is 0.623. The Hall–Kier alpha value is -0.830. The van der Waals surface area contributed by atoms with E-state index in [1.54, 1.807) is 0 Å². The molecule has 2 atom stereocenters. The molecule has 2 rings (SSSR count). The molecule has 1 fully saturated rings. The van der Waals surface area contributed by atoms with Gasteiger partial charge in [0.05, 0.1) is 0 Å². The van der Waals surface area contributed by atoms with E-state index in [-0.39, 0.29) is 5.92 Å². The molecule has 1 heterocycles. The number of hydrogen-bond acceptors (Lipinski definition) is 2. The zero-order chi connectivity index (χ0) is 12.8. The van der Waals surface area contributed by atoms with Crippen molar-refractivity contribution in [2.75, 3.05) is 19.6 Å². The highest BCUT2D eigenvalue weighted by atomic mass is 16.2. The number of allylic oxidation sites excluding steroid dienone is 2. The van der Waals surface area contributed by atoms with Gasteiger partial charge in [-0.15, -0.1) is 0 Å². The fourth-order valence-electron chi connectivity index (χ4n) is 3.02. The summed E-state index contributed by atoms with van der Waals surface area (Å²) in [6, 6.07) is 0.527. The van der Waals surface area contributed by atoms with E-state index >= 15 is 0 Å². The minimum atomic E-state index is 0.239. The quantitative estimate of drug-likeness (QED) is 0.760. The molecule has 3 heteroatoms. The van der Waals surface area contributed by atoms with Crippen molar-refractivity contribution in [2.45, 2.75) is 51.5 Å². The average molecular weight is 250 g/mol. The first-order chi connectivity index (χ1) is 8.81. The Morgan fingerprint density at radius 3 is 2.89 bits per heavy atom. The molecule has 1 N–H and O–H groups in total. The second-order valence-corrected chi connectivity index (χ2v) is 5.56. The Bertz CT molecular complexity index is 295. The predicted molar refractivity (Wildman–Crippen MR) is 74.4 cm³/mol. The van der Waals surface area contributed by atoms with E-state index in [2.05, 4.69) is 29.3 Å². The third kappa shape index (κ3) is 3.58. The smallest absolute Gasteiger partial charge is 0.226 e. The lowest BCUT2D eigenvalue weighted by Crippen LogP contribution is -2.44. The van der Waals surface area contributed by atoms with Crippen molar-refractivity contribution in [1.82, 2.24) is 10.2 Å². The van der Waals surface area contributed by atoms with Gasteiger partial charge in [-0.25, -0.2) is 0 Å². The van der Waals surface area contributed by atoms with Crippen LogP contribution in [-0.4, -0.2) is 36.5 Å². The number of carbonyl (C=O) groups excluding carboxylic acids is 1. The van der Waals surface area contributed by atoms with Gasteiger partial charge in [-0.05, 0) is 45.1 Å². The number of amides is 1. The first-order valence-corrected chi connectivity index (χ1v) is 7.48. The molecule has 0 aromatic heterocycles. The zero-order valence-corrected chi connectivity index (χ0v) is 11.5. The Morgan fingerprint density at radius 1 is 1.39 bits per heavy atom. The third-order valence-electron chi connectivity index (χ3n) is 4.03. The van der Waals surface area contributed by atoms with Gasteiger partial charge in [-0.1, -0.05) is 19.1 Å². The van der Waals surface area contributed by atoms with Crippen molar-refractivity contribution in [3.05, 3.63) is 12.2 Å². The van der Waals surface area contributed by atoms with Gasteiger partial charge in [0.2, 0.25) is 5.91 Å². The Kier molecular flexibility index (Phi) is 5.24. The number of carbonyl (C=O) groups is 1. The van der Waals surface area contributed by atoms with E-state index in [0.717, 1.165) is 45.3 Å². The van der Waals surface area contributed by atoms with E-state index in [0.29, 0.717) is 11.9 Å². The van der Waals surface area contributed by atoms with Gasteiger partial charge in [-0.3, -0.25) is 4.79 Å². The molecule has 0 spiro atoms. The van der Waals surface area contributed by atoms with E-state index < -0.39 is 0 Å². The number of nitrogens with zero attached hydrogens (tertiary/aromatic N) is 1. The molecule has 18 heavy (non-hydrogen) atoms. The van der Waals surface area contributed by atoms with Crippen LogP contribution in [0.15, 0.2) is 12.2 Å². The van der Waals surface area contributed by atoms with Crippen LogP contribution in [0.3, 0.4) is 0 Å². The number of hydrogen-bond donors (Lipinski definition) is 1. The molecule has 1 aliphatic heterocycles. The molecule has 0 bridgehead atoms. The van der Waals surface area contributed by atoms with E-state index in [4.69, 9.17) is 0 Å². The monoisotopic (exact) mass is 250 g/mol. The summed E-state index contributed by atoms with van der Waals surface area (Å²) < 4.78 is 0. The first-order valence-electron chi connectivity index (χ1n) is 7.48. The lowest BCUT2D eigenvalue weighted by molar-refractivity contribution is -0.136. The third-order valence-corrected chi connectivity index (χ3v) is 4.03. The lowest BCUT2D eigenvalue weighted by atomic mass is 9.93. The van der Waals surface area contributed by atoms with Crippen LogP contribution in [0.5, 0.6) is 0 Å². The summed E-state index contributed by atoms with van der Waals surface area (Å²) in [5, 5.41) is 3.50. The van der Waals surface area contributed by atoms with Gasteiger partial charge in [0.1, 0.15) is 0 Å². The summed E-state index contributed by atoms with van der Waals surface area (Å²) in [5.41, 5.74) is 0. The molecule has 0 aromatic rings. The predicted octanol–water partition coefficient (Wildman–Crippen LogP) is 2.33. The van der Waals surface area contributed by atoms with Crippen LogP contribution < -0.4 is 5.32 Å². The molecular formula is C15H26N2O. The average Bonchev–Trinajstić information content (AvgIpc) is 2.91. The van der Waals surface area contributed by atoms with Crippen LogP contribution in [0.2, 0.25) is 0 Å². The molecule has 0 saturated carbocycles. The Labute approximate surface area is 111 Å². The minimum absolute atomic E-state index is 0.239. The highest BCUT2D eigenvalue weighted by molar-refractivity contribution is 5.79. The second kappa shape index (κ2) is 6.93. The highest BCUT2D eigenvalue weighted by Crippen LogP contribution is 2.21. The van der Waals surface area contributed by atoms with Crippen molar-refractivity contribution < 1.29 is 4.79 Å². The van der Waals surface area contributed by atoms with Gasteiger partial charge in [0.15, 0.2) is 0 Å². The van der Waals surface area contributed by atoms with Crippen LogP contribution in [0.25, 0.3) is 0 Å². The molecule has 2 aliphatic rings. The molecule has 0 radical (unpaired) electrons. The van der Waals surface area contributed by atoms with Gasteiger partial charge < -0.3 is 10.2 Å². The van der Waals surface area contributed by atoms with Crippen molar-refractivity contribution in [1.29, 1.82) is 0 Å². The van der Waals surface area contributed by atoms with Gasteiger partial charge in [-0.2, -0.15) is 0 Å². The van der Waals surface area contributed by atoms with Crippen LogP contribution in [-0.2, 0) is 4.79 Å².